The van der Waals surface area contributed by atoms with Crippen LogP contribution < -0.4 is 4.90 Å². The van der Waals surface area contributed by atoms with Crippen molar-refractivity contribution in [3.05, 3.63) is 374 Å². The summed E-state index contributed by atoms with van der Waals surface area (Å²) in [6, 6.07) is 108. The first-order valence-corrected chi connectivity index (χ1v) is 44.8. The van der Waals surface area contributed by atoms with E-state index in [1.54, 1.807) is 12.1 Å². The molecule has 0 unspecified atom stereocenters. The Hall–Kier alpha value is -12.0. The molecule has 590 valence electrons. The first kappa shape index (κ1) is 78.2. The maximum Gasteiger partial charge on any atom is 0.335 e. The Morgan fingerprint density at radius 3 is 1.19 bits per heavy atom. The van der Waals surface area contributed by atoms with E-state index in [-0.39, 0.29) is 5.56 Å². The zero-order chi connectivity index (χ0) is 81.1. The van der Waals surface area contributed by atoms with Gasteiger partial charge in [0.1, 0.15) is 11.0 Å². The summed E-state index contributed by atoms with van der Waals surface area (Å²) < 4.78 is 9.86. The van der Waals surface area contributed by atoms with Crippen molar-refractivity contribution in [2.24, 2.45) is 0 Å². The number of benzene rings is 15. The summed E-state index contributed by atoms with van der Waals surface area (Å²) in [7, 11) is 0. The van der Waals surface area contributed by atoms with Crippen LogP contribution in [0.2, 0.25) is 0 Å². The second-order valence-electron chi connectivity index (χ2n) is 33.8. The van der Waals surface area contributed by atoms with Crippen LogP contribution in [0.4, 0.5) is 17.1 Å². The molecule has 5 nitrogen and oxygen atoms in total. The number of unbranched alkanes of at least 4 members (excludes halogenated alkanes) is 12. The largest absolute Gasteiger partial charge is 0.478 e. The Balaban J connectivity index is 0.995. The van der Waals surface area contributed by atoms with E-state index in [0.717, 1.165) is 118 Å². The number of fused-ring (bicyclic) bond motifs is 9. The Morgan fingerprint density at radius 1 is 0.361 bits per heavy atom. The average molecular weight is 1570 g/mol. The Kier molecular flexibility index (Phi) is 22.4. The lowest BCUT2D eigenvalue weighted by Crippen LogP contribution is -2.37. The molecule has 0 spiro atoms. The van der Waals surface area contributed by atoms with Gasteiger partial charge in [-0.1, -0.05) is 352 Å². The van der Waals surface area contributed by atoms with Crippen molar-refractivity contribution in [3.8, 4) is 45.2 Å². The van der Waals surface area contributed by atoms with Gasteiger partial charge in [-0.05, 0) is 247 Å². The Labute approximate surface area is 707 Å². The highest BCUT2D eigenvalue weighted by Crippen LogP contribution is 2.65. The number of aromatic carboxylic acids is 1. The first-order valence-electron chi connectivity index (χ1n) is 44.1. The van der Waals surface area contributed by atoms with Gasteiger partial charge in [0.15, 0.2) is 0 Å². The lowest BCUT2D eigenvalue weighted by molar-refractivity contribution is 0.0696. The number of carboxylic acid groups (broad SMARTS) is 1. The molecule has 2 aliphatic carbocycles. The third-order valence-corrected chi connectivity index (χ3v) is 26.7. The summed E-state index contributed by atoms with van der Waals surface area (Å²) in [4.78, 5) is 14.6. The maximum absolute atomic E-state index is 12.0. The van der Waals surface area contributed by atoms with Crippen LogP contribution in [0.3, 0.4) is 0 Å². The van der Waals surface area contributed by atoms with Crippen LogP contribution in [0.5, 0.6) is 0 Å². The third kappa shape index (κ3) is 14.2. The van der Waals surface area contributed by atoms with Gasteiger partial charge >= 0.3 is 5.97 Å². The van der Waals surface area contributed by atoms with Gasteiger partial charge in [0, 0.05) is 33.3 Å². The minimum Gasteiger partial charge on any atom is -0.478 e. The van der Waals surface area contributed by atoms with Gasteiger partial charge in [0.25, 0.3) is 0 Å². The van der Waals surface area contributed by atoms with E-state index in [9.17, 15) is 9.90 Å². The monoisotopic (exact) mass is 1570 g/mol. The van der Waals surface area contributed by atoms with Crippen molar-refractivity contribution in [3.63, 3.8) is 0 Å². The molecule has 0 fully saturated rings. The maximum atomic E-state index is 12.0. The standard InChI is InChI=1S/C113H105N3O2S/c1-7-11-15-19-29-77-45-59-84(60-46-77)112(85-61-47-78(48-62-85)30-20-16-12-8-2)100-39-27-37-94-92(72-58-82-57-71-90(109-108(82)114-119-115-109)81-53-55-83(56-54-81)111(117)118)91-33-23-24-34-93(91)104(106(94)100)98-73-103-99(74-102(98)112)105-95-35-25-26-36-96(95)110(116(88-67-41-75(5)42-68-88)89-69-43-76(6)44-70-89)97-38-28-40-101(107(97)105)113(103,86-63-49-79(50-64-86)31-21-17-13-9-3)87-65-51-80(52-66-87)32-22-18-14-10-4/h23-28,33-57,59-71,73-74H,7-22,29-32H2,1-6H3,(H,117,118). The van der Waals surface area contributed by atoms with E-state index in [1.165, 1.54) is 216 Å². The minimum atomic E-state index is -0.962. The molecular weight excluding hydrogens is 1460 g/mol. The molecule has 1 N–H and O–H groups in total. The summed E-state index contributed by atoms with van der Waals surface area (Å²) in [6.07, 6.45) is 23.3. The second kappa shape index (κ2) is 34.1. The molecule has 0 saturated heterocycles. The summed E-state index contributed by atoms with van der Waals surface area (Å²) in [6.45, 7) is 13.6. The molecule has 0 aliphatic heterocycles. The van der Waals surface area contributed by atoms with E-state index in [0.29, 0.717) is 0 Å². The van der Waals surface area contributed by atoms with E-state index in [1.807, 2.05) is 12.1 Å². The van der Waals surface area contributed by atoms with E-state index >= 15 is 0 Å². The predicted octanol–water partition coefficient (Wildman–Crippen LogP) is 30.4. The lowest BCUT2D eigenvalue weighted by atomic mass is 9.55. The first-order chi connectivity index (χ1) is 58.5. The second-order valence-corrected chi connectivity index (χ2v) is 34.3. The molecule has 15 aromatic carbocycles. The Morgan fingerprint density at radius 2 is 0.756 bits per heavy atom. The lowest BCUT2D eigenvalue weighted by Gasteiger charge is -2.47. The fourth-order valence-electron chi connectivity index (χ4n) is 20.1. The molecule has 16 aromatic rings. The number of aromatic nitrogens is 2. The topological polar surface area (TPSA) is 66.3 Å². The quantitative estimate of drug-likeness (QED) is 0.0287. The molecule has 0 amide bonds. The van der Waals surface area contributed by atoms with Gasteiger partial charge in [0.2, 0.25) is 0 Å². The zero-order valence-electron chi connectivity index (χ0n) is 69.8. The van der Waals surface area contributed by atoms with Crippen LogP contribution >= 0.6 is 11.7 Å². The number of hydrogen-bond donors (Lipinski definition) is 1. The fraction of sp³-hybridized carbons (Fsp3) is 0.248. The number of carbonyl (C=O) groups is 1. The summed E-state index contributed by atoms with van der Waals surface area (Å²) >= 11 is 1.17. The molecule has 18 rings (SSSR count). The van der Waals surface area contributed by atoms with Gasteiger partial charge in [-0.2, -0.15) is 8.75 Å². The molecule has 0 atom stereocenters. The minimum absolute atomic E-state index is 0.234. The van der Waals surface area contributed by atoms with Gasteiger partial charge < -0.3 is 10.0 Å². The van der Waals surface area contributed by atoms with Crippen molar-refractivity contribution in [1.82, 2.24) is 8.75 Å². The van der Waals surface area contributed by atoms with E-state index in [4.69, 9.17) is 8.75 Å². The highest BCUT2D eigenvalue weighted by Gasteiger charge is 2.51. The smallest absolute Gasteiger partial charge is 0.335 e. The molecule has 1 heterocycles. The van der Waals surface area contributed by atoms with Crippen molar-refractivity contribution < 1.29 is 9.90 Å². The van der Waals surface area contributed by atoms with Gasteiger partial charge in [-0.25, -0.2) is 4.79 Å². The average Bonchev–Trinajstić information content (AvgIpc) is 0.752. The van der Waals surface area contributed by atoms with Gasteiger partial charge in [0.05, 0.1) is 39.4 Å². The van der Waals surface area contributed by atoms with Crippen molar-refractivity contribution in [2.75, 3.05) is 4.90 Å². The normalized spacial score (nSPS) is 12.9. The molecule has 2 aliphatic rings. The van der Waals surface area contributed by atoms with Crippen molar-refractivity contribution in [2.45, 2.75) is 181 Å². The molecule has 1 aromatic heterocycles. The van der Waals surface area contributed by atoms with Gasteiger partial charge in [-0.3, -0.25) is 0 Å². The summed E-state index contributed by atoms with van der Waals surface area (Å²) in [5.74, 6) is 6.79. The number of nitrogens with zero attached hydrogens (tertiary/aromatic N) is 3. The van der Waals surface area contributed by atoms with Crippen LogP contribution in [0.25, 0.3) is 87.5 Å². The highest BCUT2D eigenvalue weighted by molar-refractivity contribution is 7.00. The Bertz CT molecular complexity index is 6340. The number of hydrogen-bond acceptors (Lipinski definition) is 5. The van der Waals surface area contributed by atoms with Crippen molar-refractivity contribution >= 4 is 88.9 Å². The third-order valence-electron chi connectivity index (χ3n) is 26.2. The van der Waals surface area contributed by atoms with Crippen LogP contribution in [0.15, 0.2) is 279 Å². The molecule has 0 bridgehead atoms. The van der Waals surface area contributed by atoms with Crippen LogP contribution in [0, 0.1) is 25.7 Å². The zero-order valence-corrected chi connectivity index (χ0v) is 70.6. The van der Waals surface area contributed by atoms with Crippen LogP contribution in [0.1, 0.15) is 230 Å². The molecule has 0 saturated carbocycles. The van der Waals surface area contributed by atoms with E-state index in [2.05, 4.69) is 313 Å². The number of anilines is 3. The highest BCUT2D eigenvalue weighted by atomic mass is 32.1. The predicted molar refractivity (Wildman–Crippen MR) is 502 cm³/mol. The SMILES string of the molecule is CCCCCCc1ccc(C2(c3ccc(CCCCCC)cc3)c3cc4c(cc3-c3c5ccccc5c(C#Cc5ccc(-c6ccc(C(=O)O)cc6)c6nsnc56)c5cccc2c35)C(c2ccc(CCCCCC)cc2)(c2ccc(CCCCCC)cc2)c2cccc3c(N(c5ccc(C)cc5)c5ccc(C)cc5)c5ccccc5c-4c23)cc1. The van der Waals surface area contributed by atoms with Crippen LogP contribution in [-0.2, 0) is 36.5 Å². The molecule has 6 heteroatoms. The number of aryl methyl sites for hydroxylation is 6. The molecule has 0 radical (unpaired) electrons. The van der Waals surface area contributed by atoms with Gasteiger partial charge in [-0.15, -0.1) is 0 Å². The fourth-order valence-corrected chi connectivity index (χ4v) is 20.7. The molecular formula is C113H105N3O2S. The molecule has 119 heavy (non-hydrogen) atoms. The summed E-state index contributed by atoms with van der Waals surface area (Å²) in [5, 5.41) is 19.2. The number of rotatable bonds is 29. The van der Waals surface area contributed by atoms with E-state index < -0.39 is 16.8 Å². The number of carboxylic acids is 1. The van der Waals surface area contributed by atoms with Crippen LogP contribution in [-0.4, -0.2) is 19.8 Å². The summed E-state index contributed by atoms with van der Waals surface area (Å²) in [5.41, 5.74) is 29.5. The van der Waals surface area contributed by atoms with Crippen molar-refractivity contribution in [1.29, 1.82) is 0 Å².